The zero-order valence-electron chi connectivity index (χ0n) is 11.6. The number of fused-ring (bicyclic) bond motifs is 2. The standard InChI is InChI=1S/C15H19ClN2O2/c1-18(8-11-5-9-2-3-10(11)4-9)14-6-12(15(19)20)13(16)7-17-14/h6-7,9-11H,2-5,8H2,1H3,(H,19,20). The molecule has 0 amide bonds. The molecule has 1 heterocycles. The van der Waals surface area contributed by atoms with Crippen molar-refractivity contribution in [1.82, 2.24) is 4.98 Å². The molecule has 3 atom stereocenters. The third-order valence-electron chi connectivity index (χ3n) is 4.86. The summed E-state index contributed by atoms with van der Waals surface area (Å²) in [5.41, 5.74) is 0.122. The smallest absolute Gasteiger partial charge is 0.337 e. The molecule has 20 heavy (non-hydrogen) atoms. The minimum atomic E-state index is -1.01. The highest BCUT2D eigenvalue weighted by molar-refractivity contribution is 6.33. The monoisotopic (exact) mass is 294 g/mol. The fourth-order valence-corrected chi connectivity index (χ4v) is 4.03. The van der Waals surface area contributed by atoms with Gasteiger partial charge >= 0.3 is 5.97 Å². The van der Waals surface area contributed by atoms with Crippen LogP contribution >= 0.6 is 11.6 Å². The van der Waals surface area contributed by atoms with Crippen molar-refractivity contribution in [2.75, 3.05) is 18.5 Å². The van der Waals surface area contributed by atoms with Crippen LogP contribution in [0.25, 0.3) is 0 Å². The average Bonchev–Trinajstić information content (AvgIpc) is 3.01. The zero-order valence-corrected chi connectivity index (χ0v) is 12.3. The molecule has 2 aliphatic rings. The molecule has 2 saturated carbocycles. The van der Waals surface area contributed by atoms with E-state index in [1.165, 1.54) is 31.9 Å². The van der Waals surface area contributed by atoms with Gasteiger partial charge in [0.2, 0.25) is 0 Å². The molecule has 4 nitrogen and oxygen atoms in total. The predicted molar refractivity (Wildman–Crippen MR) is 78.4 cm³/mol. The number of rotatable bonds is 4. The molecule has 108 valence electrons. The number of halogens is 1. The van der Waals surface area contributed by atoms with Crippen molar-refractivity contribution >= 4 is 23.4 Å². The lowest BCUT2D eigenvalue weighted by atomic mass is 9.88. The second-order valence-electron chi connectivity index (χ2n) is 6.14. The fourth-order valence-electron chi connectivity index (χ4n) is 3.85. The van der Waals surface area contributed by atoms with Crippen molar-refractivity contribution in [2.45, 2.75) is 25.7 Å². The number of anilines is 1. The lowest BCUT2D eigenvalue weighted by Crippen LogP contribution is -2.29. The number of carboxylic acid groups (broad SMARTS) is 1. The number of carbonyl (C=O) groups is 1. The molecular weight excluding hydrogens is 276 g/mol. The zero-order chi connectivity index (χ0) is 14.3. The van der Waals surface area contributed by atoms with Crippen LogP contribution in [0.2, 0.25) is 5.02 Å². The minimum Gasteiger partial charge on any atom is -0.478 e. The van der Waals surface area contributed by atoms with Crippen LogP contribution in [0.5, 0.6) is 0 Å². The Bertz CT molecular complexity index is 535. The van der Waals surface area contributed by atoms with E-state index >= 15 is 0 Å². The molecule has 1 N–H and O–H groups in total. The van der Waals surface area contributed by atoms with Crippen LogP contribution in [0, 0.1) is 17.8 Å². The van der Waals surface area contributed by atoms with E-state index in [4.69, 9.17) is 16.7 Å². The van der Waals surface area contributed by atoms with Crippen LogP contribution in [0.1, 0.15) is 36.0 Å². The summed E-state index contributed by atoms with van der Waals surface area (Å²) in [6.45, 7) is 0.953. The summed E-state index contributed by atoms with van der Waals surface area (Å²) in [7, 11) is 1.98. The molecule has 0 spiro atoms. The maximum Gasteiger partial charge on any atom is 0.337 e. The van der Waals surface area contributed by atoms with Crippen molar-refractivity contribution in [2.24, 2.45) is 17.8 Å². The summed E-state index contributed by atoms with van der Waals surface area (Å²) in [6, 6.07) is 1.57. The molecule has 3 rings (SSSR count). The molecule has 0 aliphatic heterocycles. The largest absolute Gasteiger partial charge is 0.478 e. The summed E-state index contributed by atoms with van der Waals surface area (Å²) in [4.78, 5) is 17.4. The maximum atomic E-state index is 11.1. The summed E-state index contributed by atoms with van der Waals surface area (Å²) >= 11 is 5.86. The number of carboxylic acids is 1. The molecule has 5 heteroatoms. The molecule has 2 fully saturated rings. The van der Waals surface area contributed by atoms with Crippen molar-refractivity contribution in [3.63, 3.8) is 0 Å². The molecular formula is C15H19ClN2O2. The normalized spacial score (nSPS) is 27.8. The SMILES string of the molecule is CN(CC1CC2CCC1C2)c1cc(C(=O)O)c(Cl)cn1. The van der Waals surface area contributed by atoms with Gasteiger partial charge in [0.1, 0.15) is 5.82 Å². The van der Waals surface area contributed by atoms with Gasteiger partial charge in [-0.05, 0) is 43.1 Å². The second kappa shape index (κ2) is 5.24. The van der Waals surface area contributed by atoms with Crippen molar-refractivity contribution < 1.29 is 9.90 Å². The van der Waals surface area contributed by atoms with E-state index in [1.807, 2.05) is 7.05 Å². The Morgan fingerprint density at radius 3 is 2.90 bits per heavy atom. The number of nitrogens with zero attached hydrogens (tertiary/aromatic N) is 2. The Morgan fingerprint density at radius 2 is 2.30 bits per heavy atom. The average molecular weight is 295 g/mol. The van der Waals surface area contributed by atoms with E-state index in [-0.39, 0.29) is 10.6 Å². The Balaban J connectivity index is 1.72. The van der Waals surface area contributed by atoms with Gasteiger partial charge in [-0.3, -0.25) is 0 Å². The van der Waals surface area contributed by atoms with Crippen LogP contribution in [0.4, 0.5) is 5.82 Å². The molecule has 0 aromatic carbocycles. The van der Waals surface area contributed by atoms with E-state index in [0.29, 0.717) is 5.82 Å². The molecule has 0 saturated heterocycles. The number of pyridine rings is 1. The predicted octanol–water partition coefficient (Wildman–Crippen LogP) is 3.31. The Kier molecular flexibility index (Phi) is 3.59. The van der Waals surface area contributed by atoms with Gasteiger partial charge in [-0.15, -0.1) is 0 Å². The summed E-state index contributed by atoms with van der Waals surface area (Å²) in [6.07, 6.45) is 6.88. The topological polar surface area (TPSA) is 53.4 Å². The summed E-state index contributed by atoms with van der Waals surface area (Å²) in [5.74, 6) is 2.19. The van der Waals surface area contributed by atoms with Crippen LogP contribution in [-0.2, 0) is 0 Å². The molecule has 2 bridgehead atoms. The van der Waals surface area contributed by atoms with E-state index in [1.54, 1.807) is 6.07 Å². The molecule has 0 radical (unpaired) electrons. The summed E-state index contributed by atoms with van der Waals surface area (Å²) < 4.78 is 0. The first-order valence-corrected chi connectivity index (χ1v) is 7.52. The van der Waals surface area contributed by atoms with E-state index < -0.39 is 5.97 Å². The highest BCUT2D eigenvalue weighted by Gasteiger charge is 2.39. The van der Waals surface area contributed by atoms with Gasteiger partial charge in [-0.1, -0.05) is 18.0 Å². The molecule has 2 aliphatic carbocycles. The number of hydrogen-bond donors (Lipinski definition) is 1. The van der Waals surface area contributed by atoms with Gasteiger partial charge in [0.05, 0.1) is 10.6 Å². The van der Waals surface area contributed by atoms with Crippen LogP contribution < -0.4 is 4.90 Å². The maximum absolute atomic E-state index is 11.1. The Hall–Kier alpha value is -1.29. The minimum absolute atomic E-state index is 0.122. The fraction of sp³-hybridized carbons (Fsp3) is 0.600. The molecule has 1 aromatic rings. The summed E-state index contributed by atoms with van der Waals surface area (Å²) in [5, 5.41) is 9.30. The first kappa shape index (κ1) is 13.7. The van der Waals surface area contributed by atoms with E-state index in [2.05, 4.69) is 9.88 Å². The second-order valence-corrected chi connectivity index (χ2v) is 6.55. The molecule has 3 unspecified atom stereocenters. The number of aromatic nitrogens is 1. The van der Waals surface area contributed by atoms with Gasteiger partial charge < -0.3 is 10.0 Å². The third-order valence-corrected chi connectivity index (χ3v) is 5.16. The number of hydrogen-bond acceptors (Lipinski definition) is 3. The van der Waals surface area contributed by atoms with Gasteiger partial charge in [-0.25, -0.2) is 9.78 Å². The van der Waals surface area contributed by atoms with Crippen molar-refractivity contribution in [3.8, 4) is 0 Å². The van der Waals surface area contributed by atoms with Crippen LogP contribution in [0.3, 0.4) is 0 Å². The van der Waals surface area contributed by atoms with E-state index in [9.17, 15) is 4.79 Å². The van der Waals surface area contributed by atoms with Crippen molar-refractivity contribution in [1.29, 1.82) is 0 Å². The lowest BCUT2D eigenvalue weighted by Gasteiger charge is -2.28. The first-order chi connectivity index (χ1) is 9.54. The van der Waals surface area contributed by atoms with Gasteiger partial charge in [-0.2, -0.15) is 0 Å². The third kappa shape index (κ3) is 2.49. The van der Waals surface area contributed by atoms with Crippen molar-refractivity contribution in [3.05, 3.63) is 22.8 Å². The molecule has 1 aromatic heterocycles. The van der Waals surface area contributed by atoms with Gasteiger partial charge in [0.25, 0.3) is 0 Å². The van der Waals surface area contributed by atoms with Gasteiger partial charge in [0.15, 0.2) is 0 Å². The van der Waals surface area contributed by atoms with Gasteiger partial charge in [0, 0.05) is 19.8 Å². The van der Waals surface area contributed by atoms with E-state index in [0.717, 1.165) is 24.3 Å². The highest BCUT2D eigenvalue weighted by Crippen LogP contribution is 2.48. The lowest BCUT2D eigenvalue weighted by molar-refractivity contribution is 0.0697. The van der Waals surface area contributed by atoms with Crippen LogP contribution in [-0.4, -0.2) is 29.7 Å². The highest BCUT2D eigenvalue weighted by atomic mass is 35.5. The first-order valence-electron chi connectivity index (χ1n) is 7.14. The Morgan fingerprint density at radius 1 is 1.50 bits per heavy atom. The Labute approximate surface area is 123 Å². The quantitative estimate of drug-likeness (QED) is 0.925. The number of aromatic carboxylic acids is 1. The van der Waals surface area contributed by atoms with Crippen LogP contribution in [0.15, 0.2) is 12.3 Å².